The molecule has 2 heterocycles. The van der Waals surface area contributed by atoms with Gasteiger partial charge in [-0.2, -0.15) is 5.10 Å². The first-order valence-electron chi connectivity index (χ1n) is 11.6. The van der Waals surface area contributed by atoms with Gasteiger partial charge in [0.1, 0.15) is 5.78 Å². The molecule has 1 aliphatic heterocycles. The minimum absolute atomic E-state index is 0.125. The maximum Gasteiger partial charge on any atom is 0.336 e. The molecule has 6 nitrogen and oxygen atoms in total. The number of esters is 1. The van der Waals surface area contributed by atoms with Gasteiger partial charge >= 0.3 is 5.97 Å². The molecule has 2 aromatic rings. The third kappa shape index (κ3) is 4.19. The molecule has 2 atom stereocenters. The fraction of sp³-hybridized carbons (Fsp3) is 0.481. The van der Waals surface area contributed by atoms with Crippen molar-refractivity contribution in [2.75, 3.05) is 0 Å². The second kappa shape index (κ2) is 8.40. The van der Waals surface area contributed by atoms with Gasteiger partial charge < -0.3 is 4.74 Å². The highest BCUT2D eigenvalue weighted by Gasteiger charge is 2.48. The molecule has 6 heteroatoms. The molecular formula is C27H33N3O3. The summed E-state index contributed by atoms with van der Waals surface area (Å²) in [6.45, 7) is 13.7. The molecule has 4 rings (SSSR count). The van der Waals surface area contributed by atoms with Crippen molar-refractivity contribution >= 4 is 17.5 Å². The third-order valence-corrected chi connectivity index (χ3v) is 6.65. The van der Waals surface area contributed by atoms with E-state index in [2.05, 4.69) is 18.9 Å². The van der Waals surface area contributed by atoms with E-state index >= 15 is 0 Å². The van der Waals surface area contributed by atoms with Gasteiger partial charge in [-0.1, -0.05) is 32.0 Å². The van der Waals surface area contributed by atoms with Crippen LogP contribution in [0.1, 0.15) is 70.2 Å². The van der Waals surface area contributed by atoms with Gasteiger partial charge in [-0.15, -0.1) is 0 Å². The average molecular weight is 448 g/mol. The van der Waals surface area contributed by atoms with E-state index < -0.39 is 17.8 Å². The lowest BCUT2D eigenvalue weighted by Gasteiger charge is -2.41. The quantitative estimate of drug-likeness (QED) is 0.600. The van der Waals surface area contributed by atoms with Gasteiger partial charge in [-0.05, 0) is 58.1 Å². The minimum atomic E-state index is -0.468. The maximum absolute atomic E-state index is 13.5. The van der Waals surface area contributed by atoms with Crippen LogP contribution in [0.3, 0.4) is 0 Å². The van der Waals surface area contributed by atoms with Crippen molar-refractivity contribution in [3.05, 3.63) is 58.6 Å². The Labute approximate surface area is 195 Å². The number of carbonyl (C=O) groups excluding carboxylic acids is 2. The molecule has 1 aliphatic carbocycles. The van der Waals surface area contributed by atoms with Crippen molar-refractivity contribution in [3.63, 3.8) is 0 Å². The molecular weight excluding hydrogens is 414 g/mol. The van der Waals surface area contributed by atoms with Crippen molar-refractivity contribution in [3.8, 4) is 5.69 Å². The number of allylic oxidation sites excluding steroid dienone is 1. The number of carbonyl (C=O) groups is 2. The smallest absolute Gasteiger partial charge is 0.336 e. The SMILES string of the molecule is CC1=C(C(=O)OC(C)C)C(c2cnn(-c3ccccc3C)c2C)C2C(=O)CC(C)(C)CC2=N1. The Morgan fingerprint density at radius 1 is 1.12 bits per heavy atom. The van der Waals surface area contributed by atoms with Crippen LogP contribution in [0.15, 0.2) is 46.7 Å². The predicted octanol–water partition coefficient (Wildman–Crippen LogP) is 5.26. The number of nitrogens with zero attached hydrogens (tertiary/aromatic N) is 3. The topological polar surface area (TPSA) is 73.5 Å². The first-order chi connectivity index (χ1) is 15.5. The Kier molecular flexibility index (Phi) is 5.89. The Bertz CT molecular complexity index is 1180. The summed E-state index contributed by atoms with van der Waals surface area (Å²) < 4.78 is 7.51. The molecule has 0 radical (unpaired) electrons. The lowest BCUT2D eigenvalue weighted by atomic mass is 9.63. The molecule has 0 spiro atoms. The molecule has 0 saturated heterocycles. The molecule has 1 saturated carbocycles. The van der Waals surface area contributed by atoms with Gasteiger partial charge in [0.15, 0.2) is 0 Å². The van der Waals surface area contributed by atoms with Crippen LogP contribution in [0.5, 0.6) is 0 Å². The summed E-state index contributed by atoms with van der Waals surface area (Å²) in [5, 5.41) is 4.68. The fourth-order valence-electron chi connectivity index (χ4n) is 5.24. The van der Waals surface area contributed by atoms with Gasteiger partial charge in [0, 0.05) is 35.0 Å². The number of aliphatic imine (C=N–C) groups is 1. The van der Waals surface area contributed by atoms with E-state index in [1.807, 2.05) is 63.6 Å². The van der Waals surface area contributed by atoms with Crippen LogP contribution in [0.2, 0.25) is 0 Å². The van der Waals surface area contributed by atoms with Crippen LogP contribution >= 0.6 is 0 Å². The number of aromatic nitrogens is 2. The van der Waals surface area contributed by atoms with E-state index in [1.165, 1.54) is 0 Å². The Balaban J connectivity index is 1.89. The highest BCUT2D eigenvalue weighted by Crippen LogP contribution is 2.47. The summed E-state index contributed by atoms with van der Waals surface area (Å²) in [5.41, 5.74) is 5.69. The number of fused-ring (bicyclic) bond motifs is 1. The monoisotopic (exact) mass is 447 g/mol. The van der Waals surface area contributed by atoms with E-state index in [9.17, 15) is 9.59 Å². The summed E-state index contributed by atoms with van der Waals surface area (Å²) in [5.74, 6) is -1.20. The molecule has 2 aliphatic rings. The van der Waals surface area contributed by atoms with E-state index in [1.54, 1.807) is 6.20 Å². The predicted molar refractivity (Wildman–Crippen MR) is 129 cm³/mol. The van der Waals surface area contributed by atoms with Crippen molar-refractivity contribution < 1.29 is 14.3 Å². The highest BCUT2D eigenvalue weighted by molar-refractivity contribution is 6.12. The minimum Gasteiger partial charge on any atom is -0.460 e. The molecule has 1 aromatic carbocycles. The van der Waals surface area contributed by atoms with E-state index in [-0.39, 0.29) is 17.3 Å². The van der Waals surface area contributed by atoms with Crippen LogP contribution in [0.25, 0.3) is 5.69 Å². The number of Topliss-reactive ketones (excluding diaryl/α,β-unsaturated/α-hetero) is 1. The number of ether oxygens (including phenoxy) is 1. The number of hydrogen-bond donors (Lipinski definition) is 0. The molecule has 0 N–H and O–H groups in total. The van der Waals surface area contributed by atoms with Crippen LogP contribution in [0.4, 0.5) is 0 Å². The summed E-state index contributed by atoms with van der Waals surface area (Å²) in [4.78, 5) is 31.5. The second-order valence-corrected chi connectivity index (χ2v) is 10.4. The van der Waals surface area contributed by atoms with Gasteiger partial charge in [-0.3, -0.25) is 9.79 Å². The summed E-state index contributed by atoms with van der Waals surface area (Å²) in [6, 6.07) is 8.05. The van der Waals surface area contributed by atoms with Crippen molar-refractivity contribution in [1.29, 1.82) is 0 Å². The van der Waals surface area contributed by atoms with Gasteiger partial charge in [0.2, 0.25) is 0 Å². The zero-order valence-electron chi connectivity index (χ0n) is 20.6. The van der Waals surface area contributed by atoms with Crippen molar-refractivity contribution in [2.45, 2.75) is 73.3 Å². The lowest BCUT2D eigenvalue weighted by Crippen LogP contribution is -2.44. The Morgan fingerprint density at radius 2 is 1.82 bits per heavy atom. The largest absolute Gasteiger partial charge is 0.460 e. The first kappa shape index (κ1) is 23.1. The maximum atomic E-state index is 13.5. The van der Waals surface area contributed by atoms with Crippen LogP contribution < -0.4 is 0 Å². The van der Waals surface area contributed by atoms with Crippen LogP contribution in [0, 0.1) is 25.2 Å². The molecule has 1 aromatic heterocycles. The lowest BCUT2D eigenvalue weighted by molar-refractivity contribution is -0.143. The first-order valence-corrected chi connectivity index (χ1v) is 11.6. The molecule has 33 heavy (non-hydrogen) atoms. The molecule has 2 unspecified atom stereocenters. The Morgan fingerprint density at radius 3 is 2.48 bits per heavy atom. The van der Waals surface area contributed by atoms with E-state index in [0.717, 1.165) is 34.6 Å². The number of para-hydroxylation sites is 1. The van der Waals surface area contributed by atoms with Crippen molar-refractivity contribution in [1.82, 2.24) is 9.78 Å². The molecule has 0 amide bonds. The van der Waals surface area contributed by atoms with Crippen LogP contribution in [-0.2, 0) is 14.3 Å². The number of aryl methyl sites for hydroxylation is 1. The van der Waals surface area contributed by atoms with Gasteiger partial charge in [0.05, 0.1) is 29.5 Å². The number of hydrogen-bond acceptors (Lipinski definition) is 5. The van der Waals surface area contributed by atoms with Gasteiger partial charge in [0.25, 0.3) is 0 Å². The summed E-state index contributed by atoms with van der Waals surface area (Å²) in [6.07, 6.45) is 2.73. The standard InChI is InChI=1S/C27H33N3O3/c1-15(2)33-26(32)23-17(4)29-20-12-27(6,7)13-22(31)25(20)24(23)19-14-28-30(18(19)5)21-11-9-8-10-16(21)3/h8-11,14-15,24-25H,12-13H2,1-7H3. The highest BCUT2D eigenvalue weighted by atomic mass is 16.5. The fourth-order valence-corrected chi connectivity index (χ4v) is 5.24. The average Bonchev–Trinajstić information content (AvgIpc) is 3.06. The second-order valence-electron chi connectivity index (χ2n) is 10.4. The van der Waals surface area contributed by atoms with Gasteiger partial charge in [-0.25, -0.2) is 9.48 Å². The normalized spacial score (nSPS) is 22.3. The van der Waals surface area contributed by atoms with E-state index in [4.69, 9.17) is 9.73 Å². The zero-order valence-corrected chi connectivity index (χ0v) is 20.6. The molecule has 174 valence electrons. The summed E-state index contributed by atoms with van der Waals surface area (Å²) >= 11 is 0. The number of ketones is 1. The van der Waals surface area contributed by atoms with E-state index in [0.29, 0.717) is 17.7 Å². The zero-order chi connectivity index (χ0) is 24.1. The molecule has 1 fully saturated rings. The van der Waals surface area contributed by atoms with Crippen LogP contribution in [-0.4, -0.2) is 33.3 Å². The number of benzene rings is 1. The number of rotatable bonds is 4. The molecule has 0 bridgehead atoms. The van der Waals surface area contributed by atoms with Crippen molar-refractivity contribution in [2.24, 2.45) is 16.3 Å². The third-order valence-electron chi connectivity index (χ3n) is 6.65. The Hall–Kier alpha value is -3.02. The summed E-state index contributed by atoms with van der Waals surface area (Å²) in [7, 11) is 0.